The van der Waals surface area contributed by atoms with Gasteiger partial charge in [0.05, 0.1) is 16.5 Å². The second kappa shape index (κ2) is 7.47. The Morgan fingerprint density at radius 3 is 2.57 bits per heavy atom. The summed E-state index contributed by atoms with van der Waals surface area (Å²) in [6.45, 7) is 1.56. The molecule has 1 unspecified atom stereocenters. The summed E-state index contributed by atoms with van der Waals surface area (Å²) < 4.78 is 0. The van der Waals surface area contributed by atoms with Crippen molar-refractivity contribution in [2.75, 3.05) is 6.54 Å². The lowest BCUT2D eigenvalue weighted by Crippen LogP contribution is -2.32. The van der Waals surface area contributed by atoms with E-state index in [-0.39, 0.29) is 17.8 Å². The van der Waals surface area contributed by atoms with Gasteiger partial charge in [0.15, 0.2) is 11.5 Å². The van der Waals surface area contributed by atoms with Crippen molar-refractivity contribution in [2.24, 2.45) is 0 Å². The number of Topliss-reactive ketones (excluding diaryl/α,β-unsaturated/α-hetero) is 1. The lowest BCUT2D eigenvalue weighted by molar-refractivity contribution is -0.384. The lowest BCUT2D eigenvalue weighted by Gasteiger charge is -2.26. The first kappa shape index (κ1) is 19.4. The number of aliphatic hydroxyl groups is 1. The Morgan fingerprint density at radius 2 is 1.90 bits per heavy atom. The van der Waals surface area contributed by atoms with Crippen molar-refractivity contribution in [3.05, 3.63) is 87.3 Å². The number of nitro benzene ring substituents is 1. The number of nitro groups is 1. The van der Waals surface area contributed by atoms with Gasteiger partial charge in [-0.15, -0.1) is 0 Å². The molecule has 3 aromatic rings. The molecule has 2 N–H and O–H groups in total. The Hall–Kier alpha value is -3.94. The zero-order valence-electron chi connectivity index (χ0n) is 16.2. The smallest absolute Gasteiger partial charge is 0.290 e. The van der Waals surface area contributed by atoms with E-state index in [1.807, 2.05) is 30.5 Å². The van der Waals surface area contributed by atoms with Crippen molar-refractivity contribution in [3.63, 3.8) is 0 Å². The number of nitrogens with one attached hydrogen (secondary N) is 1. The molecule has 0 aliphatic carbocycles. The molecule has 8 heteroatoms. The summed E-state index contributed by atoms with van der Waals surface area (Å²) in [5.41, 5.74) is 2.44. The first-order valence-corrected chi connectivity index (χ1v) is 9.43. The molecule has 152 valence electrons. The fraction of sp³-hybridized carbons (Fsp3) is 0.182. The Labute approximate surface area is 171 Å². The average molecular weight is 405 g/mol. The molecule has 0 saturated carbocycles. The van der Waals surface area contributed by atoms with Crippen LogP contribution in [0.2, 0.25) is 0 Å². The number of para-hydroxylation sites is 1. The molecule has 1 atom stereocenters. The minimum absolute atomic E-state index is 0.00720. The topological polar surface area (TPSA) is 117 Å². The molecule has 0 bridgehead atoms. The highest BCUT2D eigenvalue weighted by Gasteiger charge is 2.42. The van der Waals surface area contributed by atoms with Gasteiger partial charge in [0.25, 0.3) is 11.6 Å². The highest BCUT2D eigenvalue weighted by atomic mass is 16.6. The zero-order valence-corrected chi connectivity index (χ0v) is 16.2. The second-order valence-corrected chi connectivity index (χ2v) is 7.18. The number of amides is 1. The van der Waals surface area contributed by atoms with Crippen LogP contribution in [0.3, 0.4) is 0 Å². The third-order valence-corrected chi connectivity index (χ3v) is 5.40. The minimum Gasteiger partial charge on any atom is -0.503 e. The molecule has 1 aliphatic rings. The number of ketones is 1. The molecule has 2 heterocycles. The first-order valence-electron chi connectivity index (χ1n) is 9.43. The second-order valence-electron chi connectivity index (χ2n) is 7.18. The van der Waals surface area contributed by atoms with E-state index in [1.54, 1.807) is 0 Å². The van der Waals surface area contributed by atoms with Crippen LogP contribution in [-0.4, -0.2) is 38.1 Å². The number of benzene rings is 2. The van der Waals surface area contributed by atoms with Crippen molar-refractivity contribution < 1.29 is 19.6 Å². The summed E-state index contributed by atoms with van der Waals surface area (Å²) in [5.74, 6) is -1.60. The zero-order chi connectivity index (χ0) is 21.4. The van der Waals surface area contributed by atoms with Gasteiger partial charge in [0.2, 0.25) is 0 Å². The van der Waals surface area contributed by atoms with E-state index in [9.17, 15) is 24.8 Å². The maximum Gasteiger partial charge on any atom is 0.290 e. The molecule has 1 amide bonds. The summed E-state index contributed by atoms with van der Waals surface area (Å²) in [4.78, 5) is 40.0. The molecule has 0 radical (unpaired) electrons. The van der Waals surface area contributed by atoms with E-state index in [1.165, 1.54) is 36.1 Å². The largest absolute Gasteiger partial charge is 0.503 e. The van der Waals surface area contributed by atoms with E-state index >= 15 is 0 Å². The van der Waals surface area contributed by atoms with Crippen molar-refractivity contribution >= 4 is 28.3 Å². The number of aromatic amines is 1. The van der Waals surface area contributed by atoms with E-state index in [4.69, 9.17) is 0 Å². The van der Waals surface area contributed by atoms with Gasteiger partial charge in [0, 0.05) is 35.8 Å². The molecule has 1 aromatic heterocycles. The van der Waals surface area contributed by atoms with Crippen LogP contribution < -0.4 is 0 Å². The van der Waals surface area contributed by atoms with E-state index in [0.717, 1.165) is 16.5 Å². The van der Waals surface area contributed by atoms with Gasteiger partial charge < -0.3 is 15.0 Å². The molecule has 0 fully saturated rings. The third kappa shape index (κ3) is 3.22. The minimum atomic E-state index is -0.791. The Bertz CT molecular complexity index is 1190. The van der Waals surface area contributed by atoms with Gasteiger partial charge in [0.1, 0.15) is 0 Å². The molecule has 30 heavy (non-hydrogen) atoms. The Morgan fingerprint density at radius 1 is 1.20 bits per heavy atom. The molecule has 0 spiro atoms. The maximum atomic E-state index is 12.8. The van der Waals surface area contributed by atoms with Crippen LogP contribution in [0.25, 0.3) is 10.9 Å². The van der Waals surface area contributed by atoms with Crippen molar-refractivity contribution in [1.29, 1.82) is 0 Å². The average Bonchev–Trinajstić information content (AvgIpc) is 3.25. The molecular weight excluding hydrogens is 386 g/mol. The van der Waals surface area contributed by atoms with Crippen molar-refractivity contribution in [1.82, 2.24) is 9.88 Å². The number of aromatic nitrogens is 1. The molecule has 1 aliphatic heterocycles. The number of aliphatic hydroxyl groups excluding tert-OH is 1. The SMILES string of the molecule is CC(=O)C1=C(O)C(=O)N(CCc2c[nH]c3ccccc23)C1c1ccc([N+](=O)[O-])cc1. The monoisotopic (exact) mass is 405 g/mol. The summed E-state index contributed by atoms with van der Waals surface area (Å²) in [5, 5.41) is 22.3. The van der Waals surface area contributed by atoms with Crippen LogP contribution >= 0.6 is 0 Å². The van der Waals surface area contributed by atoms with Gasteiger partial charge in [-0.2, -0.15) is 0 Å². The molecule has 8 nitrogen and oxygen atoms in total. The van der Waals surface area contributed by atoms with Crippen LogP contribution in [0.15, 0.2) is 66.1 Å². The summed E-state index contributed by atoms with van der Waals surface area (Å²) >= 11 is 0. The predicted octanol–water partition coefficient (Wildman–Crippen LogP) is 3.60. The highest BCUT2D eigenvalue weighted by molar-refractivity contribution is 6.08. The van der Waals surface area contributed by atoms with Crippen LogP contribution in [-0.2, 0) is 16.0 Å². The number of rotatable bonds is 6. The van der Waals surface area contributed by atoms with Crippen LogP contribution in [0.4, 0.5) is 5.69 Å². The maximum absolute atomic E-state index is 12.8. The van der Waals surface area contributed by atoms with E-state index in [0.29, 0.717) is 12.0 Å². The first-order chi connectivity index (χ1) is 14.4. The van der Waals surface area contributed by atoms with Crippen molar-refractivity contribution in [2.45, 2.75) is 19.4 Å². The summed E-state index contributed by atoms with van der Waals surface area (Å²) in [6, 6.07) is 12.7. The summed E-state index contributed by atoms with van der Waals surface area (Å²) in [6.07, 6.45) is 2.39. The molecule has 2 aromatic carbocycles. The van der Waals surface area contributed by atoms with Gasteiger partial charge in [-0.3, -0.25) is 19.7 Å². The number of H-pyrrole nitrogens is 1. The normalized spacial score (nSPS) is 16.5. The van der Waals surface area contributed by atoms with Crippen LogP contribution in [0.5, 0.6) is 0 Å². The third-order valence-electron chi connectivity index (χ3n) is 5.40. The molecular formula is C22H19N3O5. The quantitative estimate of drug-likeness (QED) is 0.480. The fourth-order valence-electron chi connectivity index (χ4n) is 3.95. The standard InChI is InChI=1S/C22H19N3O5/c1-13(26)19-20(14-6-8-16(9-7-14)25(29)30)24(22(28)21(19)27)11-10-15-12-23-18-5-3-2-4-17(15)18/h2-9,12,20,23,27H,10-11H2,1H3. The van der Waals surface area contributed by atoms with Crippen LogP contribution in [0, 0.1) is 10.1 Å². The number of carbonyl (C=O) groups is 2. The van der Waals surface area contributed by atoms with Crippen LogP contribution in [0.1, 0.15) is 24.1 Å². The Balaban J connectivity index is 1.67. The van der Waals surface area contributed by atoms with Gasteiger partial charge in [-0.05, 0) is 42.7 Å². The number of hydrogen-bond donors (Lipinski definition) is 2. The van der Waals surface area contributed by atoms with E-state index < -0.39 is 28.4 Å². The highest BCUT2D eigenvalue weighted by Crippen LogP contribution is 2.38. The predicted molar refractivity (Wildman–Crippen MR) is 110 cm³/mol. The number of hydrogen-bond acceptors (Lipinski definition) is 5. The molecule has 0 saturated heterocycles. The van der Waals surface area contributed by atoms with E-state index in [2.05, 4.69) is 4.98 Å². The van der Waals surface area contributed by atoms with Gasteiger partial charge in [-0.1, -0.05) is 18.2 Å². The number of nitrogens with zero attached hydrogens (tertiary/aromatic N) is 2. The van der Waals surface area contributed by atoms with Crippen molar-refractivity contribution in [3.8, 4) is 0 Å². The number of fused-ring (bicyclic) bond motifs is 1. The van der Waals surface area contributed by atoms with Gasteiger partial charge in [-0.25, -0.2) is 0 Å². The van der Waals surface area contributed by atoms with Gasteiger partial charge >= 0.3 is 0 Å². The number of non-ortho nitro benzene ring substituents is 1. The fourth-order valence-corrected chi connectivity index (χ4v) is 3.95. The summed E-state index contributed by atoms with van der Waals surface area (Å²) in [7, 11) is 0. The molecule has 4 rings (SSSR count). The Kier molecular flexibility index (Phi) is 4.83. The lowest BCUT2D eigenvalue weighted by atomic mass is 9.96. The number of carbonyl (C=O) groups excluding carboxylic acids is 2.